The van der Waals surface area contributed by atoms with Crippen molar-refractivity contribution in [2.75, 3.05) is 6.54 Å². The largest absolute Gasteiger partial charge is 0.346 e. The quantitative estimate of drug-likeness (QED) is 0.689. The lowest BCUT2D eigenvalue weighted by atomic mass is 10.3. The number of nitrogens with one attached hydrogen (secondary N) is 2. The average Bonchev–Trinajstić information content (AvgIpc) is 2.83. The molecule has 0 saturated carbocycles. The SMILES string of the molecule is CCCNCc1cc(S(=O)(=O)NC(C)CC)cn1C(C)C. The molecule has 1 unspecified atom stereocenters. The van der Waals surface area contributed by atoms with E-state index in [1.165, 1.54) is 0 Å². The van der Waals surface area contributed by atoms with Gasteiger partial charge in [0.15, 0.2) is 0 Å². The van der Waals surface area contributed by atoms with Gasteiger partial charge in [-0.2, -0.15) is 0 Å². The third-order valence-electron chi connectivity index (χ3n) is 3.48. The van der Waals surface area contributed by atoms with E-state index in [4.69, 9.17) is 0 Å². The number of hydrogen-bond donors (Lipinski definition) is 2. The zero-order valence-corrected chi connectivity index (χ0v) is 14.6. The van der Waals surface area contributed by atoms with Crippen molar-refractivity contribution in [2.24, 2.45) is 0 Å². The molecule has 0 fully saturated rings. The van der Waals surface area contributed by atoms with Crippen molar-refractivity contribution in [3.8, 4) is 0 Å². The van der Waals surface area contributed by atoms with Gasteiger partial charge >= 0.3 is 0 Å². The maximum absolute atomic E-state index is 12.4. The molecule has 6 heteroatoms. The van der Waals surface area contributed by atoms with Crippen LogP contribution in [-0.4, -0.2) is 25.6 Å². The lowest BCUT2D eigenvalue weighted by Crippen LogP contribution is -2.31. The van der Waals surface area contributed by atoms with Gasteiger partial charge in [0.25, 0.3) is 0 Å². The van der Waals surface area contributed by atoms with Crippen molar-refractivity contribution < 1.29 is 8.42 Å². The molecular weight excluding hydrogens is 286 g/mol. The van der Waals surface area contributed by atoms with Gasteiger partial charge in [0.05, 0.1) is 4.90 Å². The molecule has 1 aromatic heterocycles. The summed E-state index contributed by atoms with van der Waals surface area (Å²) in [4.78, 5) is 0.352. The van der Waals surface area contributed by atoms with E-state index in [1.807, 2.05) is 18.4 Å². The van der Waals surface area contributed by atoms with Gasteiger partial charge in [-0.3, -0.25) is 0 Å². The second-order valence-electron chi connectivity index (χ2n) is 5.78. The van der Waals surface area contributed by atoms with Crippen molar-refractivity contribution >= 4 is 10.0 Å². The normalized spacial score (nSPS) is 13.8. The molecule has 0 aliphatic heterocycles. The maximum Gasteiger partial charge on any atom is 0.242 e. The highest BCUT2D eigenvalue weighted by molar-refractivity contribution is 7.89. The zero-order valence-electron chi connectivity index (χ0n) is 13.8. The molecule has 0 aliphatic carbocycles. The number of rotatable bonds is 9. The van der Waals surface area contributed by atoms with Crippen molar-refractivity contribution in [2.45, 2.75) is 71.0 Å². The molecule has 5 nitrogen and oxygen atoms in total. The second kappa shape index (κ2) is 7.96. The molecule has 0 saturated heterocycles. The van der Waals surface area contributed by atoms with E-state index in [-0.39, 0.29) is 12.1 Å². The number of aromatic nitrogens is 1. The fourth-order valence-electron chi connectivity index (χ4n) is 2.08. The Morgan fingerprint density at radius 1 is 1.24 bits per heavy atom. The standard InChI is InChI=1S/C15H29N3O2S/c1-6-8-16-10-14-9-15(11-18(14)12(3)4)21(19,20)17-13(5)7-2/h9,11-13,16-17H,6-8,10H2,1-5H3. The predicted molar refractivity (Wildman–Crippen MR) is 86.9 cm³/mol. The van der Waals surface area contributed by atoms with E-state index < -0.39 is 10.0 Å². The Morgan fingerprint density at radius 2 is 1.90 bits per heavy atom. The van der Waals surface area contributed by atoms with Crippen LogP contribution in [0.3, 0.4) is 0 Å². The van der Waals surface area contributed by atoms with Gasteiger partial charge in [0.2, 0.25) is 10.0 Å². The van der Waals surface area contributed by atoms with Gasteiger partial charge in [-0.05, 0) is 46.2 Å². The lowest BCUT2D eigenvalue weighted by Gasteiger charge is -2.13. The smallest absolute Gasteiger partial charge is 0.242 e. The van der Waals surface area contributed by atoms with Crippen LogP contribution in [0.5, 0.6) is 0 Å². The van der Waals surface area contributed by atoms with E-state index in [2.05, 4.69) is 30.8 Å². The molecule has 0 bridgehead atoms. The summed E-state index contributed by atoms with van der Waals surface area (Å²) in [5.74, 6) is 0. The van der Waals surface area contributed by atoms with Gasteiger partial charge < -0.3 is 9.88 Å². The van der Waals surface area contributed by atoms with Gasteiger partial charge in [0.1, 0.15) is 0 Å². The summed E-state index contributed by atoms with van der Waals surface area (Å²) in [6.45, 7) is 11.7. The Morgan fingerprint density at radius 3 is 2.43 bits per heavy atom. The van der Waals surface area contributed by atoms with Crippen molar-refractivity contribution in [3.63, 3.8) is 0 Å². The molecule has 0 radical (unpaired) electrons. The Kier molecular flexibility index (Phi) is 6.90. The molecule has 1 heterocycles. The minimum atomic E-state index is -3.44. The highest BCUT2D eigenvalue weighted by Crippen LogP contribution is 2.19. The van der Waals surface area contributed by atoms with Gasteiger partial charge in [-0.15, -0.1) is 0 Å². The van der Waals surface area contributed by atoms with Crippen LogP contribution < -0.4 is 10.0 Å². The van der Waals surface area contributed by atoms with E-state index in [0.29, 0.717) is 11.4 Å². The first-order chi connectivity index (χ1) is 9.81. The summed E-state index contributed by atoms with van der Waals surface area (Å²) in [7, 11) is -3.44. The third kappa shape index (κ3) is 5.13. The fourth-order valence-corrected chi connectivity index (χ4v) is 3.45. The molecule has 0 aromatic carbocycles. The van der Waals surface area contributed by atoms with Gasteiger partial charge in [-0.1, -0.05) is 13.8 Å². The van der Waals surface area contributed by atoms with Crippen LogP contribution in [-0.2, 0) is 16.6 Å². The highest BCUT2D eigenvalue weighted by Gasteiger charge is 2.20. The number of nitrogens with zero attached hydrogens (tertiary/aromatic N) is 1. The van der Waals surface area contributed by atoms with Crippen molar-refractivity contribution in [1.82, 2.24) is 14.6 Å². The van der Waals surface area contributed by atoms with Crippen LogP contribution in [0.25, 0.3) is 0 Å². The highest BCUT2D eigenvalue weighted by atomic mass is 32.2. The Labute approximate surface area is 129 Å². The van der Waals surface area contributed by atoms with Gasteiger partial charge in [0, 0.05) is 30.5 Å². The minimum absolute atomic E-state index is 0.0564. The molecule has 0 aliphatic rings. The maximum atomic E-state index is 12.4. The second-order valence-corrected chi connectivity index (χ2v) is 7.49. The first-order valence-corrected chi connectivity index (χ1v) is 9.23. The van der Waals surface area contributed by atoms with Gasteiger partial charge in [-0.25, -0.2) is 13.1 Å². The molecule has 1 rings (SSSR count). The summed E-state index contributed by atoms with van der Waals surface area (Å²) in [5.41, 5.74) is 1.00. The van der Waals surface area contributed by atoms with Crippen LogP contribution in [0.15, 0.2) is 17.2 Å². The van der Waals surface area contributed by atoms with Crippen LogP contribution in [0.1, 0.15) is 59.2 Å². The molecule has 0 amide bonds. The Hall–Kier alpha value is -0.850. The Bertz CT molecular complexity index is 535. The number of hydrogen-bond acceptors (Lipinski definition) is 3. The Balaban J connectivity index is 3.00. The predicted octanol–water partition coefficient (Wildman–Crippen LogP) is 2.65. The van der Waals surface area contributed by atoms with Crippen molar-refractivity contribution in [3.05, 3.63) is 18.0 Å². The fraction of sp³-hybridized carbons (Fsp3) is 0.733. The first-order valence-electron chi connectivity index (χ1n) is 7.75. The summed E-state index contributed by atoms with van der Waals surface area (Å²) in [6.07, 6.45) is 3.57. The lowest BCUT2D eigenvalue weighted by molar-refractivity contribution is 0.546. The molecule has 0 spiro atoms. The zero-order chi connectivity index (χ0) is 16.0. The van der Waals surface area contributed by atoms with E-state index in [0.717, 1.165) is 25.1 Å². The molecule has 122 valence electrons. The molecule has 2 N–H and O–H groups in total. The average molecular weight is 315 g/mol. The summed E-state index contributed by atoms with van der Waals surface area (Å²) < 4.78 is 29.5. The van der Waals surface area contributed by atoms with Crippen LogP contribution in [0, 0.1) is 0 Å². The molecule has 1 aromatic rings. The van der Waals surface area contributed by atoms with E-state index >= 15 is 0 Å². The van der Waals surface area contributed by atoms with Crippen LogP contribution >= 0.6 is 0 Å². The summed E-state index contributed by atoms with van der Waals surface area (Å²) in [5, 5.41) is 3.33. The molecule has 21 heavy (non-hydrogen) atoms. The third-order valence-corrected chi connectivity index (χ3v) is 5.03. The topological polar surface area (TPSA) is 63.1 Å². The number of sulfonamides is 1. The first kappa shape index (κ1) is 18.2. The van der Waals surface area contributed by atoms with E-state index in [9.17, 15) is 8.42 Å². The minimum Gasteiger partial charge on any atom is -0.346 e. The van der Waals surface area contributed by atoms with Crippen LogP contribution in [0.4, 0.5) is 0 Å². The van der Waals surface area contributed by atoms with Crippen molar-refractivity contribution in [1.29, 1.82) is 0 Å². The van der Waals surface area contributed by atoms with Crippen LogP contribution in [0.2, 0.25) is 0 Å². The molecule has 1 atom stereocenters. The van der Waals surface area contributed by atoms with E-state index in [1.54, 1.807) is 12.3 Å². The summed E-state index contributed by atoms with van der Waals surface area (Å²) >= 11 is 0. The summed E-state index contributed by atoms with van der Waals surface area (Å²) in [6, 6.07) is 1.95. The molecular formula is C15H29N3O2S. The monoisotopic (exact) mass is 315 g/mol.